The van der Waals surface area contributed by atoms with Gasteiger partial charge in [0.1, 0.15) is 0 Å². The van der Waals surface area contributed by atoms with Crippen molar-refractivity contribution < 1.29 is 4.92 Å². The maximum absolute atomic E-state index is 10.6. The third-order valence-corrected chi connectivity index (χ3v) is 1.60. The summed E-state index contributed by atoms with van der Waals surface area (Å²) in [5.74, 6) is 0.385. The highest BCUT2D eigenvalue weighted by Gasteiger charge is 2.16. The highest BCUT2D eigenvalue weighted by Crippen LogP contribution is 2.24. The average Bonchev–Trinajstić information content (AvgIpc) is 2.03. The molecule has 0 aliphatic rings. The minimum absolute atomic E-state index is 0.0463. The van der Waals surface area contributed by atoms with Crippen LogP contribution in [0, 0.1) is 17.0 Å². The second kappa shape index (κ2) is 3.38. The number of hydrogen-bond donors (Lipinski definition) is 0. The van der Waals surface area contributed by atoms with Gasteiger partial charge in [-0.15, -0.1) is 0 Å². The van der Waals surface area contributed by atoms with Crippen LogP contribution in [0.15, 0.2) is 12.3 Å². The van der Waals surface area contributed by atoms with E-state index in [1.165, 1.54) is 6.07 Å². The van der Waals surface area contributed by atoms with Crippen LogP contribution in [-0.2, 0) is 0 Å². The zero-order valence-electron chi connectivity index (χ0n) is 7.81. The lowest BCUT2D eigenvalue weighted by molar-refractivity contribution is -0.384. The molecule has 0 saturated heterocycles. The summed E-state index contributed by atoms with van der Waals surface area (Å²) < 4.78 is 0. The lowest BCUT2D eigenvalue weighted by Crippen LogP contribution is -2.12. The summed E-state index contributed by atoms with van der Waals surface area (Å²) in [4.78, 5) is 15.8. The van der Waals surface area contributed by atoms with Gasteiger partial charge in [0.15, 0.2) is 0 Å². The van der Waals surface area contributed by atoms with Crippen LogP contribution in [0.25, 0.3) is 0 Å². The van der Waals surface area contributed by atoms with Crippen molar-refractivity contribution in [2.45, 2.75) is 6.92 Å². The van der Waals surface area contributed by atoms with Crippen molar-refractivity contribution in [3.8, 4) is 0 Å². The molecule has 1 heterocycles. The zero-order valence-corrected chi connectivity index (χ0v) is 7.81. The molecular weight excluding hydrogens is 170 g/mol. The molecule has 0 atom stereocenters. The number of nitrogens with zero attached hydrogens (tertiary/aromatic N) is 3. The number of anilines is 1. The number of nitro groups is 1. The summed E-state index contributed by atoms with van der Waals surface area (Å²) in [5, 5.41) is 10.6. The lowest BCUT2D eigenvalue weighted by atomic mass is 10.3. The third-order valence-electron chi connectivity index (χ3n) is 1.60. The molecule has 0 saturated carbocycles. The molecule has 1 aromatic heterocycles. The van der Waals surface area contributed by atoms with E-state index in [1.54, 1.807) is 32.1 Å². The molecule has 0 bridgehead atoms. The smallest absolute Gasteiger partial charge is 0.311 e. The van der Waals surface area contributed by atoms with E-state index >= 15 is 0 Å². The number of aromatic nitrogens is 1. The maximum atomic E-state index is 10.6. The summed E-state index contributed by atoms with van der Waals surface area (Å²) in [7, 11) is 3.45. The van der Waals surface area contributed by atoms with Gasteiger partial charge in [-0.2, -0.15) is 0 Å². The van der Waals surface area contributed by atoms with Crippen molar-refractivity contribution in [1.82, 2.24) is 4.98 Å². The number of aryl methyl sites for hydroxylation is 1. The summed E-state index contributed by atoms with van der Waals surface area (Å²) in [6.45, 7) is 1.78. The van der Waals surface area contributed by atoms with E-state index in [1.807, 2.05) is 0 Å². The third kappa shape index (κ3) is 1.93. The molecule has 70 valence electrons. The Bertz CT molecular complexity index is 336. The van der Waals surface area contributed by atoms with Gasteiger partial charge >= 0.3 is 5.69 Å². The minimum atomic E-state index is -0.421. The van der Waals surface area contributed by atoms with E-state index in [2.05, 4.69) is 4.98 Å². The number of rotatable bonds is 2. The molecule has 5 heteroatoms. The SMILES string of the molecule is Cc1cnc(N(C)C)c([N+](=O)[O-])c1. The lowest BCUT2D eigenvalue weighted by Gasteiger charge is -2.10. The van der Waals surface area contributed by atoms with E-state index in [-0.39, 0.29) is 5.69 Å². The van der Waals surface area contributed by atoms with E-state index in [4.69, 9.17) is 0 Å². The van der Waals surface area contributed by atoms with Gasteiger partial charge in [0.25, 0.3) is 0 Å². The summed E-state index contributed by atoms with van der Waals surface area (Å²) >= 11 is 0. The second-order valence-electron chi connectivity index (χ2n) is 3.01. The Labute approximate surface area is 76.2 Å². The minimum Gasteiger partial charge on any atom is -0.357 e. The maximum Gasteiger partial charge on any atom is 0.311 e. The van der Waals surface area contributed by atoms with Gasteiger partial charge in [0.2, 0.25) is 5.82 Å². The van der Waals surface area contributed by atoms with Crippen molar-refractivity contribution in [2.24, 2.45) is 0 Å². The molecule has 13 heavy (non-hydrogen) atoms. The van der Waals surface area contributed by atoms with Gasteiger partial charge in [-0.3, -0.25) is 10.1 Å². The Morgan fingerprint density at radius 1 is 1.54 bits per heavy atom. The fraction of sp³-hybridized carbons (Fsp3) is 0.375. The van der Waals surface area contributed by atoms with Gasteiger partial charge in [0, 0.05) is 26.4 Å². The van der Waals surface area contributed by atoms with Crippen molar-refractivity contribution in [1.29, 1.82) is 0 Å². The van der Waals surface area contributed by atoms with E-state index in [9.17, 15) is 10.1 Å². The standard InChI is InChI=1S/C8H11N3O2/c1-6-4-7(11(12)13)8(9-5-6)10(2)3/h4-5H,1-3H3. The molecule has 0 spiro atoms. The topological polar surface area (TPSA) is 59.3 Å². The molecule has 0 unspecified atom stereocenters. The molecule has 0 aliphatic carbocycles. The van der Waals surface area contributed by atoms with Crippen LogP contribution in [-0.4, -0.2) is 24.0 Å². The van der Waals surface area contributed by atoms with Crippen molar-refractivity contribution in [3.05, 3.63) is 27.9 Å². The van der Waals surface area contributed by atoms with Crippen LogP contribution in [0.2, 0.25) is 0 Å². The van der Waals surface area contributed by atoms with Gasteiger partial charge < -0.3 is 4.90 Å². The van der Waals surface area contributed by atoms with Crippen LogP contribution in [0.4, 0.5) is 11.5 Å². The first-order valence-electron chi connectivity index (χ1n) is 3.80. The van der Waals surface area contributed by atoms with E-state index in [0.29, 0.717) is 5.82 Å². The Balaban J connectivity index is 3.27. The molecular formula is C8H11N3O2. The first kappa shape index (κ1) is 9.44. The van der Waals surface area contributed by atoms with Gasteiger partial charge in [-0.05, 0) is 12.5 Å². The van der Waals surface area contributed by atoms with E-state index < -0.39 is 4.92 Å². The second-order valence-corrected chi connectivity index (χ2v) is 3.01. The van der Waals surface area contributed by atoms with Gasteiger partial charge in [-0.1, -0.05) is 0 Å². The monoisotopic (exact) mass is 181 g/mol. The molecule has 1 rings (SSSR count). The van der Waals surface area contributed by atoms with Crippen molar-refractivity contribution >= 4 is 11.5 Å². The summed E-state index contributed by atoms with van der Waals surface area (Å²) in [6, 6.07) is 1.52. The fourth-order valence-electron chi connectivity index (χ4n) is 1.03. The van der Waals surface area contributed by atoms with Gasteiger partial charge in [-0.25, -0.2) is 4.98 Å². The zero-order chi connectivity index (χ0) is 10.0. The van der Waals surface area contributed by atoms with Crippen LogP contribution in [0.1, 0.15) is 5.56 Å². The van der Waals surface area contributed by atoms with Gasteiger partial charge in [0.05, 0.1) is 4.92 Å². The Hall–Kier alpha value is -1.65. The molecule has 0 aromatic carbocycles. The molecule has 0 fully saturated rings. The van der Waals surface area contributed by atoms with Crippen LogP contribution in [0.3, 0.4) is 0 Å². The fourth-order valence-corrected chi connectivity index (χ4v) is 1.03. The van der Waals surface area contributed by atoms with Crippen molar-refractivity contribution in [3.63, 3.8) is 0 Å². The summed E-state index contributed by atoms with van der Waals surface area (Å²) in [5.41, 5.74) is 0.835. The Morgan fingerprint density at radius 2 is 2.15 bits per heavy atom. The molecule has 1 aromatic rings. The molecule has 5 nitrogen and oxygen atoms in total. The highest BCUT2D eigenvalue weighted by atomic mass is 16.6. The van der Waals surface area contributed by atoms with Crippen LogP contribution >= 0.6 is 0 Å². The normalized spacial score (nSPS) is 9.77. The number of pyridine rings is 1. The summed E-state index contributed by atoms with van der Waals surface area (Å²) in [6.07, 6.45) is 1.61. The van der Waals surface area contributed by atoms with Crippen LogP contribution < -0.4 is 4.90 Å². The Morgan fingerprint density at radius 3 is 2.62 bits per heavy atom. The van der Waals surface area contributed by atoms with Crippen LogP contribution in [0.5, 0.6) is 0 Å². The first-order chi connectivity index (χ1) is 6.02. The predicted molar refractivity (Wildman–Crippen MR) is 50.0 cm³/mol. The highest BCUT2D eigenvalue weighted by molar-refractivity contribution is 5.57. The quantitative estimate of drug-likeness (QED) is 0.510. The molecule has 0 aliphatic heterocycles. The van der Waals surface area contributed by atoms with Crippen molar-refractivity contribution in [2.75, 3.05) is 19.0 Å². The molecule has 0 N–H and O–H groups in total. The molecule has 0 radical (unpaired) electrons. The first-order valence-corrected chi connectivity index (χ1v) is 3.80. The van der Waals surface area contributed by atoms with E-state index in [0.717, 1.165) is 5.56 Å². The Kier molecular flexibility index (Phi) is 2.46. The molecule has 0 amide bonds. The number of hydrogen-bond acceptors (Lipinski definition) is 4. The predicted octanol–water partition coefficient (Wildman–Crippen LogP) is 1.36. The average molecular weight is 181 g/mol. The largest absolute Gasteiger partial charge is 0.357 e.